The summed E-state index contributed by atoms with van der Waals surface area (Å²) in [4.78, 5) is 32.1. The van der Waals surface area contributed by atoms with Crippen LogP contribution < -0.4 is 18.9 Å². The first-order valence-electron chi connectivity index (χ1n) is 17.1. The van der Waals surface area contributed by atoms with Crippen LogP contribution in [0, 0.1) is 0 Å². The molecule has 6 atom stereocenters. The Labute approximate surface area is 317 Å². The molecule has 2 aliphatic heterocycles. The maximum Gasteiger partial charge on any atom is 0.292 e. The van der Waals surface area contributed by atoms with Gasteiger partial charge in [0.05, 0.1) is 33.9 Å². The number of anilines is 1. The minimum Gasteiger partial charge on any atom is -0.497 e. The molecule has 1 aromatic heterocycles. The van der Waals surface area contributed by atoms with Gasteiger partial charge in [-0.2, -0.15) is 4.57 Å². The summed E-state index contributed by atoms with van der Waals surface area (Å²) in [7, 11) is 3.12. The van der Waals surface area contributed by atoms with E-state index in [1.807, 2.05) is 13.0 Å². The quantitative estimate of drug-likeness (QED) is 0.167. The molecule has 1 saturated heterocycles. The van der Waals surface area contributed by atoms with Crippen molar-refractivity contribution in [3.63, 3.8) is 0 Å². The van der Waals surface area contributed by atoms with E-state index in [2.05, 4.69) is 0 Å². The van der Waals surface area contributed by atoms with Gasteiger partial charge in [-0.05, 0) is 79.6 Å². The average molecular weight is 768 g/mol. The molecule has 53 heavy (non-hydrogen) atoms. The third-order valence-electron chi connectivity index (χ3n) is 10.1. The summed E-state index contributed by atoms with van der Waals surface area (Å²) < 4.78 is 18.2. The van der Waals surface area contributed by atoms with Crippen LogP contribution in [0.4, 0.5) is 5.69 Å². The van der Waals surface area contributed by atoms with Gasteiger partial charge < -0.3 is 44.4 Å². The van der Waals surface area contributed by atoms with Crippen molar-refractivity contribution in [1.29, 1.82) is 0 Å². The number of rotatable bonds is 11. The summed E-state index contributed by atoms with van der Waals surface area (Å²) in [5, 5.41) is 41.6. The van der Waals surface area contributed by atoms with Gasteiger partial charge in [0.25, 0.3) is 12.1 Å². The first kappa shape index (κ1) is 38.5. The fourth-order valence-electron chi connectivity index (χ4n) is 7.10. The van der Waals surface area contributed by atoms with Crippen LogP contribution in [0.1, 0.15) is 52.7 Å². The molecule has 0 aliphatic carbocycles. The van der Waals surface area contributed by atoms with E-state index in [-0.39, 0.29) is 24.9 Å². The molecule has 0 spiro atoms. The van der Waals surface area contributed by atoms with Crippen LogP contribution in [0.5, 0.6) is 11.5 Å². The predicted octanol–water partition coefficient (Wildman–Crippen LogP) is 3.79. The Balaban J connectivity index is 1.30. The fraction of sp³-hybridized carbons (Fsp3) is 0.359. The zero-order valence-corrected chi connectivity index (χ0v) is 31.2. The number of fused-ring (bicyclic) bond motifs is 1. The molecule has 2 amide bonds. The van der Waals surface area contributed by atoms with E-state index in [0.717, 1.165) is 5.56 Å². The van der Waals surface area contributed by atoms with Crippen molar-refractivity contribution in [2.24, 2.45) is 0 Å². The maximum absolute atomic E-state index is 14.6. The molecule has 1 unspecified atom stereocenters. The number of nitrogens with zero attached hydrogens (tertiary/aromatic N) is 3. The zero-order valence-electron chi connectivity index (χ0n) is 29.6. The number of aromatic nitrogens is 1. The highest BCUT2D eigenvalue weighted by Crippen LogP contribution is 2.50. The molecule has 0 bridgehead atoms. The van der Waals surface area contributed by atoms with E-state index >= 15 is 0 Å². The molecule has 0 radical (unpaired) electrons. The number of hydrogen-bond donors (Lipinski definition) is 4. The zero-order chi connectivity index (χ0) is 38.2. The summed E-state index contributed by atoms with van der Waals surface area (Å²) in [6.45, 7) is 3.76. The Bertz CT molecular complexity index is 2010. The minimum absolute atomic E-state index is 0.164. The van der Waals surface area contributed by atoms with Crippen molar-refractivity contribution in [3.05, 3.63) is 117 Å². The van der Waals surface area contributed by atoms with Crippen molar-refractivity contribution in [2.45, 2.75) is 63.0 Å². The number of carbonyl (C=O) groups excluding carboxylic acids is 2. The van der Waals surface area contributed by atoms with Crippen LogP contribution in [0.2, 0.25) is 10.0 Å². The van der Waals surface area contributed by atoms with Gasteiger partial charge in [-0.25, -0.2) is 0 Å². The summed E-state index contributed by atoms with van der Waals surface area (Å²) in [6, 6.07) is 19.1. The van der Waals surface area contributed by atoms with Gasteiger partial charge in [0.2, 0.25) is 5.91 Å². The first-order valence-corrected chi connectivity index (χ1v) is 17.8. The van der Waals surface area contributed by atoms with E-state index < -0.39 is 42.7 Å². The second-order valence-electron chi connectivity index (χ2n) is 13.2. The summed E-state index contributed by atoms with van der Waals surface area (Å²) >= 11 is 13.4. The topological polar surface area (TPSA) is 153 Å². The molecular formula is C39H42Cl2N3O9+. The van der Waals surface area contributed by atoms with Crippen LogP contribution >= 0.6 is 23.2 Å². The van der Waals surface area contributed by atoms with Crippen molar-refractivity contribution >= 4 is 40.7 Å². The largest absolute Gasteiger partial charge is 0.497 e. The van der Waals surface area contributed by atoms with Gasteiger partial charge >= 0.3 is 0 Å². The van der Waals surface area contributed by atoms with Crippen molar-refractivity contribution in [1.82, 2.24) is 4.90 Å². The number of aliphatic hydroxyl groups excluding tert-OH is 4. The van der Waals surface area contributed by atoms with Crippen LogP contribution in [-0.2, 0) is 28.0 Å². The lowest BCUT2D eigenvalue weighted by atomic mass is 9.76. The first-order chi connectivity index (χ1) is 25.4. The molecule has 280 valence electrons. The maximum atomic E-state index is 14.6. The molecule has 1 fully saturated rings. The Morgan fingerprint density at radius 3 is 2.45 bits per heavy atom. The second kappa shape index (κ2) is 15.6. The Morgan fingerprint density at radius 1 is 0.981 bits per heavy atom. The number of amides is 2. The molecular weight excluding hydrogens is 725 g/mol. The normalized spacial score (nSPS) is 23.8. The standard InChI is InChI=1S/C39H42Cl2N3O9/c1-5-42(18-22-7-6-14-43(19-22)37-35(48)34(47)33(46)32(21-45)53-37)36(49)23-9-12-29(41)27(15-23)39(2)28-16-25(40)10-13-30(28)44(38(39)50)20-24-8-11-26(51-3)17-31(24)52-4/h6-17,19,32-35,37,45-48H,5,18,20-21H2,1-4H3/q+1/t32-,33+,34+,35-,37-,39?/m1/s1. The molecule has 4 aromatic rings. The number of benzene rings is 3. The predicted molar refractivity (Wildman–Crippen MR) is 196 cm³/mol. The summed E-state index contributed by atoms with van der Waals surface area (Å²) in [6.07, 6.45) is -3.38. The highest BCUT2D eigenvalue weighted by atomic mass is 35.5. The van der Waals surface area contributed by atoms with Crippen molar-refractivity contribution in [2.75, 3.05) is 32.3 Å². The van der Waals surface area contributed by atoms with Crippen LogP contribution in [-0.4, -0.2) is 88.9 Å². The van der Waals surface area contributed by atoms with Gasteiger partial charge in [0.1, 0.15) is 35.2 Å². The summed E-state index contributed by atoms with van der Waals surface area (Å²) in [5.41, 5.74) is 2.19. The third kappa shape index (κ3) is 7.08. The number of pyridine rings is 1. The van der Waals surface area contributed by atoms with E-state index in [1.54, 1.807) is 104 Å². The van der Waals surface area contributed by atoms with Crippen molar-refractivity contribution in [3.8, 4) is 11.5 Å². The van der Waals surface area contributed by atoms with Gasteiger partial charge in [-0.1, -0.05) is 23.2 Å². The molecule has 4 N–H and O–H groups in total. The lowest BCUT2D eigenvalue weighted by Gasteiger charge is -2.36. The SMILES string of the molecule is CCN(Cc1ccc[n+]([C@@H]2O[C@H](CO)[C@H](O)[C@H](O)[C@H]2O)c1)C(=O)c1ccc(Cl)c(C2(C)C(=O)N(Cc3ccc(OC)cc3OC)c3ccc(Cl)cc32)c1. The van der Waals surface area contributed by atoms with Crippen molar-refractivity contribution < 1.29 is 48.8 Å². The number of hydrogen-bond acceptors (Lipinski definition) is 9. The number of carbonyl (C=O) groups is 2. The molecule has 14 heteroatoms. The van der Waals surface area contributed by atoms with Crippen LogP contribution in [0.25, 0.3) is 0 Å². The monoisotopic (exact) mass is 766 g/mol. The lowest BCUT2D eigenvalue weighted by molar-refractivity contribution is -0.778. The smallest absolute Gasteiger partial charge is 0.292 e. The van der Waals surface area contributed by atoms with E-state index in [1.165, 1.54) is 4.57 Å². The summed E-state index contributed by atoms with van der Waals surface area (Å²) in [5.74, 6) is 0.607. The highest BCUT2D eigenvalue weighted by molar-refractivity contribution is 6.33. The number of ether oxygens (including phenoxy) is 3. The third-order valence-corrected chi connectivity index (χ3v) is 10.7. The van der Waals surface area contributed by atoms with Gasteiger partial charge in [-0.15, -0.1) is 0 Å². The molecule has 3 aromatic carbocycles. The van der Waals surface area contributed by atoms with Gasteiger partial charge in [-0.3, -0.25) is 9.59 Å². The van der Waals surface area contributed by atoms with E-state index in [0.29, 0.717) is 56.0 Å². The number of halogens is 2. The average Bonchev–Trinajstić information content (AvgIpc) is 3.37. The van der Waals surface area contributed by atoms with Gasteiger partial charge in [0.15, 0.2) is 18.5 Å². The van der Waals surface area contributed by atoms with Crippen LogP contribution in [0.15, 0.2) is 79.1 Å². The molecule has 3 heterocycles. The van der Waals surface area contributed by atoms with E-state index in [4.69, 9.17) is 37.4 Å². The number of aliphatic hydroxyl groups is 4. The fourth-order valence-corrected chi connectivity index (χ4v) is 7.58. The molecule has 0 saturated carbocycles. The Kier molecular flexibility index (Phi) is 11.3. The molecule has 6 rings (SSSR count). The van der Waals surface area contributed by atoms with E-state index in [9.17, 15) is 30.0 Å². The molecule has 12 nitrogen and oxygen atoms in total. The second-order valence-corrected chi connectivity index (χ2v) is 14.1. The number of methoxy groups -OCH3 is 2. The Morgan fingerprint density at radius 2 is 1.75 bits per heavy atom. The highest BCUT2D eigenvalue weighted by Gasteiger charge is 2.50. The van der Waals surface area contributed by atoms with Crippen LogP contribution in [0.3, 0.4) is 0 Å². The van der Waals surface area contributed by atoms with Gasteiger partial charge in [0, 0.05) is 51.1 Å². The minimum atomic E-state index is -1.54. The Hall–Kier alpha value is -4.27. The lowest BCUT2D eigenvalue weighted by Crippen LogP contribution is -2.62. The molecule has 2 aliphatic rings.